The number of nitrogens with two attached hydrogens (primary N) is 1. The first kappa shape index (κ1) is 18.9. The molecule has 9 heteroatoms. The van der Waals surface area contributed by atoms with E-state index in [0.717, 1.165) is 19.0 Å². The van der Waals surface area contributed by atoms with Crippen molar-refractivity contribution in [2.24, 2.45) is 5.92 Å². The molecule has 0 aliphatic carbocycles. The van der Waals surface area contributed by atoms with Crippen LogP contribution in [0.3, 0.4) is 0 Å². The number of piperidine rings is 1. The van der Waals surface area contributed by atoms with Crippen LogP contribution in [-0.2, 0) is 12.4 Å². The second-order valence-corrected chi connectivity index (χ2v) is 6.45. The summed E-state index contributed by atoms with van der Waals surface area (Å²) in [6.07, 6.45) is -9.67. The number of nitrogens with zero attached hydrogens (tertiary/aromatic N) is 1. The van der Waals surface area contributed by atoms with Crippen LogP contribution in [0.1, 0.15) is 35.8 Å². The van der Waals surface area contributed by atoms with Crippen LogP contribution in [-0.4, -0.2) is 23.2 Å². The second kappa shape index (κ2) is 6.70. The average Bonchev–Trinajstić information content (AvgIpc) is 2.58. The highest BCUT2D eigenvalue weighted by Crippen LogP contribution is 2.40. The van der Waals surface area contributed by atoms with Crippen LogP contribution in [0.2, 0.25) is 0 Å². The molecule has 1 fully saturated rings. The number of para-hydroxylation sites is 1. The molecule has 2 heterocycles. The molecule has 3 nitrogen and oxygen atoms in total. The smallest absolute Gasteiger partial charge is 0.388 e. The molecule has 0 amide bonds. The lowest BCUT2D eigenvalue weighted by molar-refractivity contribution is -0.670. The summed E-state index contributed by atoms with van der Waals surface area (Å²) < 4.78 is 79.3. The molecule has 1 saturated heterocycles. The quantitative estimate of drug-likeness (QED) is 0.787. The molecule has 0 radical (unpaired) electrons. The Kier molecular flexibility index (Phi) is 4.87. The molecule has 26 heavy (non-hydrogen) atoms. The Morgan fingerprint density at radius 1 is 1.12 bits per heavy atom. The standard InChI is InChI=1S/C17H16F6N2O/c18-16(19,20)12-5-1-4-10-11(15(26)9-3-2-6-24-8-9)7-13(17(21,22)23)25-14(10)12/h1,4-5,7,9,15,24,26H,2-3,6,8H2/p+1. The maximum Gasteiger partial charge on any atom is 0.433 e. The molecule has 2 atom stereocenters. The number of fused-ring (bicyclic) bond motifs is 1. The van der Waals surface area contributed by atoms with Gasteiger partial charge in [-0.15, -0.1) is 0 Å². The SMILES string of the molecule is OC(c1cc(C(F)(F)F)nc2c(C(F)(F)F)cccc12)C1CCC[NH2+]C1. The summed E-state index contributed by atoms with van der Waals surface area (Å²) in [5, 5.41) is 12.5. The van der Waals surface area contributed by atoms with Crippen molar-refractivity contribution in [1.82, 2.24) is 4.98 Å². The van der Waals surface area contributed by atoms with E-state index in [4.69, 9.17) is 0 Å². The number of quaternary nitrogens is 1. The minimum absolute atomic E-state index is 0.106. The summed E-state index contributed by atoms with van der Waals surface area (Å²) in [5.41, 5.74) is -3.63. The van der Waals surface area contributed by atoms with Gasteiger partial charge in [0, 0.05) is 11.3 Å². The summed E-state index contributed by atoms with van der Waals surface area (Å²) in [6, 6.07) is 3.74. The monoisotopic (exact) mass is 379 g/mol. The highest BCUT2D eigenvalue weighted by atomic mass is 19.4. The van der Waals surface area contributed by atoms with Crippen LogP contribution in [0, 0.1) is 5.92 Å². The number of rotatable bonds is 2. The lowest BCUT2D eigenvalue weighted by atomic mass is 9.87. The van der Waals surface area contributed by atoms with Crippen LogP contribution in [0.5, 0.6) is 0 Å². The highest BCUT2D eigenvalue weighted by molar-refractivity contribution is 5.86. The van der Waals surface area contributed by atoms with Crippen LogP contribution in [0.4, 0.5) is 26.3 Å². The van der Waals surface area contributed by atoms with Crippen molar-refractivity contribution in [2.45, 2.75) is 31.3 Å². The number of benzene rings is 1. The van der Waals surface area contributed by atoms with E-state index in [1.807, 2.05) is 5.32 Å². The second-order valence-electron chi connectivity index (χ2n) is 6.45. The maximum atomic E-state index is 13.2. The van der Waals surface area contributed by atoms with Gasteiger partial charge in [-0.25, -0.2) is 4.98 Å². The van der Waals surface area contributed by atoms with Gasteiger partial charge in [0.05, 0.1) is 30.3 Å². The van der Waals surface area contributed by atoms with Gasteiger partial charge in [-0.1, -0.05) is 12.1 Å². The molecule has 142 valence electrons. The fourth-order valence-electron chi connectivity index (χ4n) is 3.41. The van der Waals surface area contributed by atoms with Crippen molar-refractivity contribution >= 4 is 10.9 Å². The van der Waals surface area contributed by atoms with E-state index in [1.165, 1.54) is 6.07 Å². The Balaban J connectivity index is 2.23. The van der Waals surface area contributed by atoms with Crippen LogP contribution in [0.25, 0.3) is 10.9 Å². The maximum absolute atomic E-state index is 13.2. The van der Waals surface area contributed by atoms with E-state index in [9.17, 15) is 31.4 Å². The third-order valence-electron chi connectivity index (χ3n) is 4.69. The molecule has 1 aliphatic rings. The Morgan fingerprint density at radius 3 is 2.42 bits per heavy atom. The van der Waals surface area contributed by atoms with Gasteiger partial charge >= 0.3 is 12.4 Å². The van der Waals surface area contributed by atoms with Crippen molar-refractivity contribution in [2.75, 3.05) is 13.1 Å². The summed E-state index contributed by atoms with van der Waals surface area (Å²) >= 11 is 0. The van der Waals surface area contributed by atoms with Gasteiger partial charge in [-0.05, 0) is 30.5 Å². The first-order valence-corrected chi connectivity index (χ1v) is 8.17. The van der Waals surface area contributed by atoms with Crippen molar-refractivity contribution < 1.29 is 36.8 Å². The van der Waals surface area contributed by atoms with E-state index in [0.29, 0.717) is 25.1 Å². The van der Waals surface area contributed by atoms with Gasteiger partial charge in [0.1, 0.15) is 5.69 Å². The van der Waals surface area contributed by atoms with Gasteiger partial charge in [0.25, 0.3) is 0 Å². The summed E-state index contributed by atoms with van der Waals surface area (Å²) in [6.45, 7) is 1.36. The van der Waals surface area contributed by atoms with E-state index >= 15 is 0 Å². The van der Waals surface area contributed by atoms with Gasteiger partial charge < -0.3 is 10.4 Å². The predicted molar refractivity (Wildman–Crippen MR) is 81.1 cm³/mol. The molecule has 3 N–H and O–H groups in total. The molecular weight excluding hydrogens is 362 g/mol. The Morgan fingerprint density at radius 2 is 1.85 bits per heavy atom. The van der Waals surface area contributed by atoms with Gasteiger partial charge in [0.2, 0.25) is 0 Å². The minimum atomic E-state index is -4.92. The van der Waals surface area contributed by atoms with Gasteiger partial charge in [-0.2, -0.15) is 26.3 Å². The van der Waals surface area contributed by atoms with Crippen LogP contribution >= 0.6 is 0 Å². The summed E-state index contributed by atoms with van der Waals surface area (Å²) in [4.78, 5) is 3.24. The largest absolute Gasteiger partial charge is 0.433 e. The molecule has 2 aromatic rings. The van der Waals surface area contributed by atoms with Crippen molar-refractivity contribution in [3.05, 3.63) is 41.1 Å². The molecular formula is C17H17F6N2O+. The lowest BCUT2D eigenvalue weighted by Gasteiger charge is -2.27. The first-order valence-electron chi connectivity index (χ1n) is 8.17. The average molecular weight is 379 g/mol. The fraction of sp³-hybridized carbons (Fsp3) is 0.471. The lowest BCUT2D eigenvalue weighted by Crippen LogP contribution is -2.87. The summed E-state index contributed by atoms with van der Waals surface area (Å²) in [7, 11) is 0. The topological polar surface area (TPSA) is 49.7 Å². The van der Waals surface area contributed by atoms with Gasteiger partial charge in [-0.3, -0.25) is 0 Å². The third kappa shape index (κ3) is 3.64. The molecule has 3 rings (SSSR count). The fourth-order valence-corrected chi connectivity index (χ4v) is 3.41. The van der Waals surface area contributed by atoms with Gasteiger partial charge in [0.15, 0.2) is 0 Å². The Bertz CT molecular complexity index is 796. The van der Waals surface area contributed by atoms with Crippen molar-refractivity contribution in [1.29, 1.82) is 0 Å². The number of aliphatic hydroxyl groups excluding tert-OH is 1. The number of aliphatic hydroxyl groups is 1. The molecule has 1 aromatic carbocycles. The van der Waals surface area contributed by atoms with Crippen LogP contribution < -0.4 is 5.32 Å². The molecule has 1 aliphatic heterocycles. The minimum Gasteiger partial charge on any atom is -0.388 e. The molecule has 2 unspecified atom stereocenters. The predicted octanol–water partition coefficient (Wildman–Crippen LogP) is 3.28. The number of aromatic nitrogens is 1. The highest BCUT2D eigenvalue weighted by Gasteiger charge is 2.38. The number of alkyl halides is 6. The molecule has 0 bridgehead atoms. The molecule has 1 aromatic heterocycles. The van der Waals surface area contributed by atoms with E-state index in [-0.39, 0.29) is 16.9 Å². The summed E-state index contributed by atoms with van der Waals surface area (Å²) in [5.74, 6) is -0.329. The number of halogens is 6. The van der Waals surface area contributed by atoms with E-state index in [2.05, 4.69) is 4.98 Å². The van der Waals surface area contributed by atoms with E-state index in [1.54, 1.807) is 0 Å². The third-order valence-corrected chi connectivity index (χ3v) is 4.69. The number of hydrogen-bond donors (Lipinski definition) is 2. The Hall–Kier alpha value is -1.87. The zero-order chi connectivity index (χ0) is 19.1. The van der Waals surface area contributed by atoms with Crippen molar-refractivity contribution in [3.8, 4) is 0 Å². The molecule has 0 saturated carbocycles. The zero-order valence-electron chi connectivity index (χ0n) is 13.5. The number of hydrogen-bond acceptors (Lipinski definition) is 2. The van der Waals surface area contributed by atoms with E-state index < -0.39 is 35.2 Å². The van der Waals surface area contributed by atoms with Crippen LogP contribution in [0.15, 0.2) is 24.3 Å². The Labute approximate surface area is 145 Å². The van der Waals surface area contributed by atoms with Crippen molar-refractivity contribution in [3.63, 3.8) is 0 Å². The zero-order valence-corrected chi connectivity index (χ0v) is 13.5. The number of pyridine rings is 1. The first-order chi connectivity index (χ1) is 12.1. The molecule has 0 spiro atoms. The normalized spacial score (nSPS) is 20.3.